The van der Waals surface area contributed by atoms with Gasteiger partial charge in [0, 0.05) is 20.1 Å². The molecule has 0 radical (unpaired) electrons. The van der Waals surface area contributed by atoms with Gasteiger partial charge in [0.1, 0.15) is 0 Å². The summed E-state index contributed by atoms with van der Waals surface area (Å²) in [6, 6.07) is 2.11. The molecule has 0 amide bonds. The molecule has 1 heterocycles. The maximum absolute atomic E-state index is 5.89. The molecule has 1 aromatic rings. The minimum Gasteiger partial charge on any atom is -0.370 e. The Labute approximate surface area is 109 Å². The van der Waals surface area contributed by atoms with Crippen molar-refractivity contribution < 1.29 is 0 Å². The molecule has 0 unspecified atom stereocenters. The van der Waals surface area contributed by atoms with Gasteiger partial charge >= 0.3 is 0 Å². The Morgan fingerprint density at radius 3 is 2.81 bits per heavy atom. The van der Waals surface area contributed by atoms with Crippen molar-refractivity contribution in [1.29, 1.82) is 0 Å². The molecule has 90 valence electrons. The molecular weight excluding hydrogens is 286 g/mol. The van der Waals surface area contributed by atoms with E-state index in [1.54, 1.807) is 11.3 Å². The van der Waals surface area contributed by atoms with Crippen LogP contribution in [0.25, 0.3) is 0 Å². The maximum atomic E-state index is 5.89. The zero-order valence-corrected chi connectivity index (χ0v) is 12.3. The molecule has 0 saturated heterocycles. The lowest BCUT2D eigenvalue weighted by atomic mass is 10.2. The zero-order valence-electron chi connectivity index (χ0n) is 9.90. The van der Waals surface area contributed by atoms with Crippen LogP contribution in [-0.2, 0) is 6.54 Å². The molecule has 0 saturated carbocycles. The van der Waals surface area contributed by atoms with E-state index in [1.165, 1.54) is 5.56 Å². The van der Waals surface area contributed by atoms with Gasteiger partial charge in [-0.2, -0.15) is 0 Å². The first kappa shape index (κ1) is 13.5. The van der Waals surface area contributed by atoms with Crippen LogP contribution in [0.15, 0.2) is 20.2 Å². The predicted molar refractivity (Wildman–Crippen MR) is 74.8 cm³/mol. The van der Waals surface area contributed by atoms with Gasteiger partial charge in [0.25, 0.3) is 0 Å². The number of hydrogen-bond acceptors (Lipinski definition) is 2. The van der Waals surface area contributed by atoms with E-state index < -0.39 is 0 Å². The second-order valence-electron chi connectivity index (χ2n) is 4.21. The van der Waals surface area contributed by atoms with Crippen molar-refractivity contribution in [3.8, 4) is 0 Å². The Balaban J connectivity index is 2.51. The van der Waals surface area contributed by atoms with Gasteiger partial charge in [-0.3, -0.25) is 4.99 Å². The molecular formula is C11H18BrN3S. The molecule has 0 fully saturated rings. The van der Waals surface area contributed by atoms with Crippen molar-refractivity contribution in [3.05, 3.63) is 20.8 Å². The number of thiophene rings is 1. The lowest BCUT2D eigenvalue weighted by Gasteiger charge is -2.17. The van der Waals surface area contributed by atoms with Crippen molar-refractivity contribution >= 4 is 33.2 Å². The first-order valence-corrected chi connectivity index (χ1v) is 6.90. The van der Waals surface area contributed by atoms with E-state index in [0.29, 0.717) is 11.9 Å². The summed E-state index contributed by atoms with van der Waals surface area (Å²) in [6.07, 6.45) is 0. The second-order valence-corrected chi connectivity index (χ2v) is 6.50. The fourth-order valence-electron chi connectivity index (χ4n) is 1.18. The third-order valence-corrected chi connectivity index (χ3v) is 3.60. The highest BCUT2D eigenvalue weighted by molar-refractivity contribution is 9.11. The lowest BCUT2D eigenvalue weighted by molar-refractivity contribution is 0.489. The van der Waals surface area contributed by atoms with Crippen LogP contribution in [0.2, 0.25) is 0 Å². The van der Waals surface area contributed by atoms with E-state index in [1.807, 2.05) is 11.9 Å². The number of nitrogens with two attached hydrogens (primary N) is 1. The molecule has 0 spiro atoms. The average molecular weight is 304 g/mol. The summed E-state index contributed by atoms with van der Waals surface area (Å²) in [6.45, 7) is 5.85. The number of halogens is 1. The summed E-state index contributed by atoms with van der Waals surface area (Å²) in [5.74, 6) is 1.15. The molecule has 0 atom stereocenters. The maximum Gasteiger partial charge on any atom is 0.191 e. The van der Waals surface area contributed by atoms with Crippen LogP contribution in [0.4, 0.5) is 0 Å². The van der Waals surface area contributed by atoms with Gasteiger partial charge in [-0.25, -0.2) is 0 Å². The summed E-state index contributed by atoms with van der Waals surface area (Å²) in [7, 11) is 1.96. The van der Waals surface area contributed by atoms with Crippen LogP contribution in [0.3, 0.4) is 0 Å². The number of aliphatic imine (C=N–C) groups is 1. The third-order valence-electron chi connectivity index (χ3n) is 2.05. The fraction of sp³-hybridized carbons (Fsp3) is 0.545. The van der Waals surface area contributed by atoms with Crippen LogP contribution in [0.1, 0.15) is 19.4 Å². The summed E-state index contributed by atoms with van der Waals surface area (Å²) < 4.78 is 1.15. The van der Waals surface area contributed by atoms with Crippen molar-refractivity contribution in [2.24, 2.45) is 16.6 Å². The van der Waals surface area contributed by atoms with E-state index in [0.717, 1.165) is 16.9 Å². The van der Waals surface area contributed by atoms with E-state index >= 15 is 0 Å². The Morgan fingerprint density at radius 2 is 2.31 bits per heavy atom. The topological polar surface area (TPSA) is 41.6 Å². The van der Waals surface area contributed by atoms with Crippen LogP contribution in [-0.4, -0.2) is 24.5 Å². The van der Waals surface area contributed by atoms with Gasteiger partial charge < -0.3 is 10.6 Å². The van der Waals surface area contributed by atoms with Crippen molar-refractivity contribution in [2.75, 3.05) is 13.6 Å². The molecule has 1 rings (SSSR count). The Hall–Kier alpha value is -0.550. The van der Waals surface area contributed by atoms with Crippen LogP contribution < -0.4 is 5.73 Å². The molecule has 2 N–H and O–H groups in total. The van der Waals surface area contributed by atoms with E-state index in [4.69, 9.17) is 5.73 Å². The highest BCUT2D eigenvalue weighted by Gasteiger charge is 2.05. The number of guanidine groups is 1. The largest absolute Gasteiger partial charge is 0.370 e. The summed E-state index contributed by atoms with van der Waals surface area (Å²) >= 11 is 5.13. The summed E-state index contributed by atoms with van der Waals surface area (Å²) in [4.78, 5) is 6.31. The zero-order chi connectivity index (χ0) is 12.1. The second kappa shape index (κ2) is 6.25. The minimum atomic E-state index is 0.544. The Bertz CT molecular complexity index is 360. The highest BCUT2D eigenvalue weighted by Crippen LogP contribution is 2.21. The molecule has 1 aromatic heterocycles. The molecule has 0 aliphatic rings. The van der Waals surface area contributed by atoms with Crippen LogP contribution >= 0.6 is 27.3 Å². The standard InChI is InChI=1S/C11H18BrN3S/c1-8(2)5-14-11(13)15(3)6-9-4-10(12)16-7-9/h4,7-8H,5-6H2,1-3H3,(H2,13,14). The number of rotatable bonds is 4. The molecule has 0 aliphatic heterocycles. The predicted octanol–water partition coefficient (Wildman–Crippen LogP) is 2.91. The quantitative estimate of drug-likeness (QED) is 0.686. The molecule has 16 heavy (non-hydrogen) atoms. The fourth-order valence-corrected chi connectivity index (χ4v) is 2.38. The first-order valence-electron chi connectivity index (χ1n) is 5.23. The smallest absolute Gasteiger partial charge is 0.191 e. The SMILES string of the molecule is CC(C)CN=C(N)N(C)Cc1csc(Br)c1. The molecule has 0 aliphatic carbocycles. The monoisotopic (exact) mass is 303 g/mol. The van der Waals surface area contributed by atoms with Crippen molar-refractivity contribution in [3.63, 3.8) is 0 Å². The minimum absolute atomic E-state index is 0.544. The molecule has 0 bridgehead atoms. The van der Waals surface area contributed by atoms with Gasteiger partial charge in [-0.15, -0.1) is 11.3 Å². The van der Waals surface area contributed by atoms with Gasteiger partial charge in [-0.05, 0) is 38.9 Å². The Kier molecular flexibility index (Phi) is 5.28. The Morgan fingerprint density at radius 1 is 1.62 bits per heavy atom. The van der Waals surface area contributed by atoms with Gasteiger partial charge in [-0.1, -0.05) is 13.8 Å². The number of nitrogens with zero attached hydrogens (tertiary/aromatic N) is 2. The molecule has 5 heteroatoms. The van der Waals surface area contributed by atoms with Crippen molar-refractivity contribution in [1.82, 2.24) is 4.90 Å². The van der Waals surface area contributed by atoms with E-state index in [-0.39, 0.29) is 0 Å². The average Bonchev–Trinajstić information content (AvgIpc) is 2.60. The normalized spacial score (nSPS) is 12.2. The number of hydrogen-bond donors (Lipinski definition) is 1. The molecule has 0 aromatic carbocycles. The lowest BCUT2D eigenvalue weighted by Crippen LogP contribution is -2.33. The van der Waals surface area contributed by atoms with Gasteiger partial charge in [0.2, 0.25) is 0 Å². The third kappa shape index (κ3) is 4.53. The first-order chi connectivity index (χ1) is 7.49. The van der Waals surface area contributed by atoms with E-state index in [2.05, 4.69) is 46.2 Å². The van der Waals surface area contributed by atoms with Gasteiger partial charge in [0.15, 0.2) is 5.96 Å². The van der Waals surface area contributed by atoms with Crippen molar-refractivity contribution in [2.45, 2.75) is 20.4 Å². The summed E-state index contributed by atoms with van der Waals surface area (Å²) in [5, 5.41) is 2.12. The summed E-state index contributed by atoms with van der Waals surface area (Å²) in [5.41, 5.74) is 7.14. The molecule has 3 nitrogen and oxygen atoms in total. The van der Waals surface area contributed by atoms with Gasteiger partial charge in [0.05, 0.1) is 3.79 Å². The van der Waals surface area contributed by atoms with E-state index in [9.17, 15) is 0 Å². The van der Waals surface area contributed by atoms with Crippen LogP contribution in [0.5, 0.6) is 0 Å². The van der Waals surface area contributed by atoms with Crippen LogP contribution in [0, 0.1) is 5.92 Å². The highest BCUT2D eigenvalue weighted by atomic mass is 79.9.